The fourth-order valence-electron chi connectivity index (χ4n) is 3.37. The Balaban J connectivity index is 2.13. The maximum atomic E-state index is 12.6. The van der Waals surface area contributed by atoms with Crippen LogP contribution in [0.5, 0.6) is 0 Å². The van der Waals surface area contributed by atoms with Gasteiger partial charge in [0.25, 0.3) is 0 Å². The highest BCUT2D eigenvalue weighted by Gasteiger charge is 2.53. The molecule has 0 aromatic carbocycles. The molecular weight excluding hydrogens is 246 g/mol. The van der Waals surface area contributed by atoms with Crippen molar-refractivity contribution in [3.63, 3.8) is 0 Å². The lowest BCUT2D eigenvalue weighted by Crippen LogP contribution is -2.49. The van der Waals surface area contributed by atoms with E-state index in [-0.39, 0.29) is 18.1 Å². The minimum absolute atomic E-state index is 0.0647. The number of ether oxygens (including phenoxy) is 1. The number of carbonyl (C=O) groups is 2. The summed E-state index contributed by atoms with van der Waals surface area (Å²) in [4.78, 5) is 25.7. The Kier molecular flexibility index (Phi) is 4.45. The Hall–Kier alpha value is -1.10. The first-order valence-electron chi connectivity index (χ1n) is 7.25. The SMILES string of the molecule is CCCN(CCC)C(=O)[C@H]1[C@@H](C(=O)[O-])[C@@H]2CC[C@H]1O2. The van der Waals surface area contributed by atoms with Crippen molar-refractivity contribution in [1.29, 1.82) is 0 Å². The number of nitrogens with zero attached hydrogens (tertiary/aromatic N) is 1. The molecule has 0 spiro atoms. The fraction of sp³-hybridized carbons (Fsp3) is 0.857. The van der Waals surface area contributed by atoms with Crippen molar-refractivity contribution in [3.8, 4) is 0 Å². The molecule has 2 aliphatic heterocycles. The average molecular weight is 268 g/mol. The summed E-state index contributed by atoms with van der Waals surface area (Å²) in [5, 5.41) is 11.3. The Bertz CT molecular complexity index is 351. The van der Waals surface area contributed by atoms with Crippen LogP contribution in [0.1, 0.15) is 39.5 Å². The molecule has 0 N–H and O–H groups in total. The molecule has 0 aromatic heterocycles. The van der Waals surface area contributed by atoms with Crippen molar-refractivity contribution in [2.24, 2.45) is 11.8 Å². The number of aliphatic carboxylic acids is 1. The van der Waals surface area contributed by atoms with Crippen LogP contribution in [-0.2, 0) is 14.3 Å². The molecular formula is C14H22NO4-. The third kappa shape index (κ3) is 2.61. The molecule has 2 rings (SSSR count). The minimum atomic E-state index is -1.14. The maximum absolute atomic E-state index is 12.6. The number of hydrogen-bond donors (Lipinski definition) is 0. The highest BCUT2D eigenvalue weighted by molar-refractivity contribution is 5.86. The second kappa shape index (κ2) is 5.90. The average Bonchev–Trinajstić information content (AvgIpc) is 2.97. The van der Waals surface area contributed by atoms with E-state index in [0.29, 0.717) is 13.1 Å². The van der Waals surface area contributed by atoms with Crippen LogP contribution in [0.3, 0.4) is 0 Å². The van der Waals surface area contributed by atoms with Gasteiger partial charge < -0.3 is 19.5 Å². The second-order valence-electron chi connectivity index (χ2n) is 5.49. The first kappa shape index (κ1) is 14.3. The third-order valence-electron chi connectivity index (χ3n) is 4.13. The monoisotopic (exact) mass is 268 g/mol. The molecule has 5 heteroatoms. The number of rotatable bonds is 6. The van der Waals surface area contributed by atoms with Crippen molar-refractivity contribution < 1.29 is 19.4 Å². The van der Waals surface area contributed by atoms with E-state index >= 15 is 0 Å². The van der Waals surface area contributed by atoms with Crippen LogP contribution in [0.25, 0.3) is 0 Å². The van der Waals surface area contributed by atoms with E-state index in [1.54, 1.807) is 4.90 Å². The lowest BCUT2D eigenvalue weighted by molar-refractivity contribution is -0.314. The Morgan fingerprint density at radius 2 is 1.63 bits per heavy atom. The predicted octanol–water partition coefficient (Wildman–Crippen LogP) is 0.179. The molecule has 19 heavy (non-hydrogen) atoms. The van der Waals surface area contributed by atoms with Crippen molar-refractivity contribution in [3.05, 3.63) is 0 Å². The smallest absolute Gasteiger partial charge is 0.229 e. The Labute approximate surface area is 113 Å². The lowest BCUT2D eigenvalue weighted by Gasteiger charge is -2.32. The first-order chi connectivity index (χ1) is 9.10. The van der Waals surface area contributed by atoms with Gasteiger partial charge in [0.15, 0.2) is 0 Å². The van der Waals surface area contributed by atoms with Gasteiger partial charge in [-0.1, -0.05) is 13.8 Å². The maximum Gasteiger partial charge on any atom is 0.229 e. The van der Waals surface area contributed by atoms with Crippen LogP contribution >= 0.6 is 0 Å². The normalized spacial score (nSPS) is 32.5. The Morgan fingerprint density at radius 3 is 2.11 bits per heavy atom. The zero-order chi connectivity index (χ0) is 14.0. The zero-order valence-electron chi connectivity index (χ0n) is 11.6. The number of carbonyl (C=O) groups excluding carboxylic acids is 2. The topological polar surface area (TPSA) is 69.7 Å². The van der Waals surface area contributed by atoms with Crippen molar-refractivity contribution in [2.75, 3.05) is 13.1 Å². The zero-order valence-corrected chi connectivity index (χ0v) is 11.6. The molecule has 1 amide bonds. The molecule has 2 saturated heterocycles. The van der Waals surface area contributed by atoms with Gasteiger partial charge >= 0.3 is 0 Å². The van der Waals surface area contributed by atoms with Crippen LogP contribution in [0, 0.1) is 11.8 Å². The van der Waals surface area contributed by atoms with Crippen LogP contribution in [0.4, 0.5) is 0 Å². The van der Waals surface area contributed by atoms with Crippen molar-refractivity contribution in [1.82, 2.24) is 4.90 Å². The number of amides is 1. The molecule has 0 aliphatic carbocycles. The van der Waals surface area contributed by atoms with Crippen LogP contribution in [-0.4, -0.2) is 42.1 Å². The predicted molar refractivity (Wildman–Crippen MR) is 67.0 cm³/mol. The van der Waals surface area contributed by atoms with E-state index in [1.165, 1.54) is 0 Å². The van der Waals surface area contributed by atoms with Gasteiger partial charge in [0, 0.05) is 25.0 Å². The lowest BCUT2D eigenvalue weighted by atomic mass is 9.78. The van der Waals surface area contributed by atoms with E-state index in [2.05, 4.69) is 0 Å². The summed E-state index contributed by atoms with van der Waals surface area (Å²) < 4.78 is 5.62. The van der Waals surface area contributed by atoms with Gasteiger partial charge in [0.2, 0.25) is 5.91 Å². The third-order valence-corrected chi connectivity index (χ3v) is 4.13. The molecule has 2 heterocycles. The minimum Gasteiger partial charge on any atom is -0.550 e. The standard InChI is InChI=1S/C14H23NO4/c1-3-7-15(8-4-2)13(16)11-9-5-6-10(19-9)12(11)14(17)18/h9-12H,3-8H2,1-2H3,(H,17,18)/p-1/t9-,10+,11-,12+/m1/s1. The quantitative estimate of drug-likeness (QED) is 0.689. The van der Waals surface area contributed by atoms with E-state index in [4.69, 9.17) is 4.74 Å². The molecule has 108 valence electrons. The van der Waals surface area contributed by atoms with Gasteiger partial charge in [0.1, 0.15) is 0 Å². The van der Waals surface area contributed by atoms with Crippen molar-refractivity contribution >= 4 is 11.9 Å². The summed E-state index contributed by atoms with van der Waals surface area (Å²) in [5.41, 5.74) is 0. The number of fused-ring (bicyclic) bond motifs is 2. The second-order valence-corrected chi connectivity index (χ2v) is 5.49. The van der Waals surface area contributed by atoms with E-state index in [1.807, 2.05) is 13.8 Å². The van der Waals surface area contributed by atoms with Gasteiger partial charge in [-0.15, -0.1) is 0 Å². The van der Waals surface area contributed by atoms with Crippen molar-refractivity contribution in [2.45, 2.75) is 51.7 Å². The van der Waals surface area contributed by atoms with Crippen LogP contribution in [0.2, 0.25) is 0 Å². The fourth-order valence-corrected chi connectivity index (χ4v) is 3.37. The molecule has 0 unspecified atom stereocenters. The summed E-state index contributed by atoms with van der Waals surface area (Å²) >= 11 is 0. The summed E-state index contributed by atoms with van der Waals surface area (Å²) in [6.07, 6.45) is 2.73. The molecule has 4 atom stereocenters. The van der Waals surface area contributed by atoms with Crippen LogP contribution < -0.4 is 5.11 Å². The van der Waals surface area contributed by atoms with Gasteiger partial charge in [-0.3, -0.25) is 4.79 Å². The summed E-state index contributed by atoms with van der Waals surface area (Å²) in [6, 6.07) is 0. The number of carboxylic acid groups (broad SMARTS) is 1. The molecule has 2 fully saturated rings. The molecule has 0 aromatic rings. The van der Waals surface area contributed by atoms with E-state index in [0.717, 1.165) is 25.7 Å². The van der Waals surface area contributed by atoms with Crippen LogP contribution in [0.15, 0.2) is 0 Å². The summed E-state index contributed by atoms with van der Waals surface area (Å²) in [6.45, 7) is 5.40. The van der Waals surface area contributed by atoms with Gasteiger partial charge in [-0.25, -0.2) is 0 Å². The number of carboxylic acids is 1. The van der Waals surface area contributed by atoms with Gasteiger partial charge in [0.05, 0.1) is 18.1 Å². The molecule has 0 saturated carbocycles. The molecule has 5 nitrogen and oxygen atoms in total. The highest BCUT2D eigenvalue weighted by Crippen LogP contribution is 2.44. The highest BCUT2D eigenvalue weighted by atomic mass is 16.5. The molecule has 0 radical (unpaired) electrons. The van der Waals surface area contributed by atoms with Gasteiger partial charge in [-0.2, -0.15) is 0 Å². The summed E-state index contributed by atoms with van der Waals surface area (Å²) in [5.74, 6) is -2.51. The molecule has 2 bridgehead atoms. The first-order valence-corrected chi connectivity index (χ1v) is 7.25. The largest absolute Gasteiger partial charge is 0.550 e. The van der Waals surface area contributed by atoms with E-state index in [9.17, 15) is 14.7 Å². The summed E-state index contributed by atoms with van der Waals surface area (Å²) in [7, 11) is 0. The van der Waals surface area contributed by atoms with E-state index < -0.39 is 17.8 Å². The van der Waals surface area contributed by atoms with Gasteiger partial charge in [-0.05, 0) is 25.7 Å². The number of hydrogen-bond acceptors (Lipinski definition) is 4. The Morgan fingerprint density at radius 1 is 1.11 bits per heavy atom. The molecule has 2 aliphatic rings.